The van der Waals surface area contributed by atoms with Crippen molar-refractivity contribution in [3.8, 4) is 0 Å². The SMILES string of the molecule is CNC1CCC2([N+](=O)[O-])CCCC([N+](=O)[O-])(C1)C2. The minimum atomic E-state index is -1.10. The third-order valence-electron chi connectivity index (χ3n) is 4.71. The highest BCUT2D eigenvalue weighted by Gasteiger charge is 2.61. The lowest BCUT2D eigenvalue weighted by Gasteiger charge is -2.35. The number of hydrogen-bond acceptors (Lipinski definition) is 5. The van der Waals surface area contributed by atoms with Crippen LogP contribution >= 0.6 is 0 Å². The van der Waals surface area contributed by atoms with Crippen molar-refractivity contribution >= 4 is 0 Å². The van der Waals surface area contributed by atoms with Gasteiger partial charge in [0, 0.05) is 41.6 Å². The first-order chi connectivity index (χ1) is 8.44. The molecule has 0 aliphatic heterocycles. The summed E-state index contributed by atoms with van der Waals surface area (Å²) in [5.74, 6) is 0. The second-order valence-electron chi connectivity index (χ2n) is 5.72. The molecule has 2 saturated carbocycles. The van der Waals surface area contributed by atoms with Crippen molar-refractivity contribution < 1.29 is 9.85 Å². The van der Waals surface area contributed by atoms with E-state index >= 15 is 0 Å². The molecule has 0 aromatic carbocycles. The van der Waals surface area contributed by atoms with E-state index in [-0.39, 0.29) is 22.3 Å². The molecule has 0 amide bonds. The quantitative estimate of drug-likeness (QED) is 0.608. The lowest BCUT2D eigenvalue weighted by Crippen LogP contribution is -2.53. The van der Waals surface area contributed by atoms with E-state index in [1.54, 1.807) is 7.05 Å². The number of nitrogens with zero attached hydrogens (tertiary/aromatic N) is 2. The van der Waals surface area contributed by atoms with E-state index < -0.39 is 11.1 Å². The fraction of sp³-hybridized carbons (Fsp3) is 1.00. The maximum Gasteiger partial charge on any atom is 0.230 e. The molecule has 18 heavy (non-hydrogen) atoms. The Morgan fingerprint density at radius 1 is 1.11 bits per heavy atom. The van der Waals surface area contributed by atoms with Gasteiger partial charge in [0.2, 0.25) is 11.1 Å². The third-order valence-corrected chi connectivity index (χ3v) is 4.71. The third kappa shape index (κ3) is 1.96. The summed E-state index contributed by atoms with van der Waals surface area (Å²) in [7, 11) is 1.77. The van der Waals surface area contributed by atoms with Crippen LogP contribution in [0.3, 0.4) is 0 Å². The number of nitro groups is 2. The van der Waals surface area contributed by atoms with E-state index in [2.05, 4.69) is 5.32 Å². The fourth-order valence-electron chi connectivity index (χ4n) is 3.65. The van der Waals surface area contributed by atoms with Gasteiger partial charge in [-0.2, -0.15) is 0 Å². The topological polar surface area (TPSA) is 98.3 Å². The average molecular weight is 257 g/mol. The first-order valence-electron chi connectivity index (χ1n) is 6.40. The minimum absolute atomic E-state index is 0.00956. The van der Waals surface area contributed by atoms with Gasteiger partial charge in [0.1, 0.15) is 0 Å². The number of rotatable bonds is 3. The summed E-state index contributed by atoms with van der Waals surface area (Å²) in [5, 5.41) is 25.8. The summed E-state index contributed by atoms with van der Waals surface area (Å²) in [6, 6.07) is 0.00956. The van der Waals surface area contributed by atoms with Gasteiger partial charge in [-0.1, -0.05) is 0 Å². The monoisotopic (exact) mass is 257 g/mol. The van der Waals surface area contributed by atoms with Crippen LogP contribution in [0, 0.1) is 20.2 Å². The average Bonchev–Trinajstić information content (AvgIpc) is 2.45. The van der Waals surface area contributed by atoms with Crippen LogP contribution in [-0.4, -0.2) is 34.0 Å². The summed E-state index contributed by atoms with van der Waals surface area (Å²) in [4.78, 5) is 22.3. The summed E-state index contributed by atoms with van der Waals surface area (Å²) in [6.45, 7) is 0. The van der Waals surface area contributed by atoms with Crippen molar-refractivity contribution in [2.24, 2.45) is 0 Å². The molecule has 0 spiro atoms. The van der Waals surface area contributed by atoms with E-state index in [1.807, 2.05) is 0 Å². The van der Waals surface area contributed by atoms with E-state index in [0.29, 0.717) is 38.5 Å². The molecule has 2 fully saturated rings. The summed E-state index contributed by atoms with van der Waals surface area (Å²) < 4.78 is 0. The second-order valence-corrected chi connectivity index (χ2v) is 5.72. The highest BCUT2D eigenvalue weighted by molar-refractivity contribution is 5.01. The van der Waals surface area contributed by atoms with Gasteiger partial charge in [-0.15, -0.1) is 0 Å². The van der Waals surface area contributed by atoms with Crippen LogP contribution in [0.2, 0.25) is 0 Å². The van der Waals surface area contributed by atoms with Gasteiger partial charge in [-0.3, -0.25) is 20.2 Å². The van der Waals surface area contributed by atoms with Crippen molar-refractivity contribution in [1.82, 2.24) is 5.32 Å². The van der Waals surface area contributed by atoms with Gasteiger partial charge < -0.3 is 5.32 Å². The summed E-state index contributed by atoms with van der Waals surface area (Å²) >= 11 is 0. The number of hydrogen-bond donors (Lipinski definition) is 1. The molecule has 0 saturated heterocycles. The van der Waals surface area contributed by atoms with Gasteiger partial charge in [-0.25, -0.2) is 0 Å². The Hall–Kier alpha value is -1.24. The summed E-state index contributed by atoms with van der Waals surface area (Å²) in [5.41, 5.74) is -2.17. The fourth-order valence-corrected chi connectivity index (χ4v) is 3.65. The molecule has 2 aliphatic carbocycles. The molecular formula is C11H19N3O4. The Balaban J connectivity index is 2.38. The minimum Gasteiger partial charge on any atom is -0.317 e. The van der Waals surface area contributed by atoms with E-state index in [0.717, 1.165) is 0 Å². The van der Waals surface area contributed by atoms with Crippen molar-refractivity contribution in [1.29, 1.82) is 0 Å². The predicted molar refractivity (Wildman–Crippen MR) is 64.6 cm³/mol. The highest BCUT2D eigenvalue weighted by Crippen LogP contribution is 2.47. The van der Waals surface area contributed by atoms with Crippen LogP contribution in [0.4, 0.5) is 0 Å². The Bertz CT molecular complexity index is 375. The molecule has 7 heteroatoms. The zero-order valence-corrected chi connectivity index (χ0v) is 10.6. The molecule has 0 aromatic heterocycles. The molecule has 0 radical (unpaired) electrons. The van der Waals surface area contributed by atoms with Crippen LogP contribution in [0.25, 0.3) is 0 Å². The maximum absolute atomic E-state index is 11.4. The molecule has 2 aliphatic rings. The van der Waals surface area contributed by atoms with Crippen LogP contribution in [0.5, 0.6) is 0 Å². The highest BCUT2D eigenvalue weighted by atomic mass is 16.6. The lowest BCUT2D eigenvalue weighted by molar-refractivity contribution is -0.623. The molecule has 3 atom stereocenters. The predicted octanol–water partition coefficient (Wildman–Crippen LogP) is 1.36. The van der Waals surface area contributed by atoms with Gasteiger partial charge in [-0.05, 0) is 19.9 Å². The molecule has 1 N–H and O–H groups in total. The zero-order valence-electron chi connectivity index (χ0n) is 10.6. The molecule has 3 unspecified atom stereocenters. The Kier molecular flexibility index (Phi) is 3.27. The summed E-state index contributed by atoms with van der Waals surface area (Å²) in [6.07, 6.45) is 3.12. The van der Waals surface area contributed by atoms with Crippen LogP contribution < -0.4 is 5.32 Å². The molecule has 2 bridgehead atoms. The Morgan fingerprint density at radius 3 is 2.28 bits per heavy atom. The van der Waals surface area contributed by atoms with Crippen molar-refractivity contribution in [2.45, 2.75) is 62.1 Å². The Labute approximate surface area is 105 Å². The van der Waals surface area contributed by atoms with Crippen molar-refractivity contribution in [3.63, 3.8) is 0 Å². The molecule has 102 valence electrons. The van der Waals surface area contributed by atoms with Gasteiger partial charge in [0.25, 0.3) is 0 Å². The van der Waals surface area contributed by atoms with Gasteiger partial charge in [0.15, 0.2) is 0 Å². The molecule has 7 nitrogen and oxygen atoms in total. The molecule has 0 aromatic rings. The first-order valence-corrected chi connectivity index (χ1v) is 6.40. The van der Waals surface area contributed by atoms with Gasteiger partial charge >= 0.3 is 0 Å². The standard InChI is InChI=1S/C11H19N3O4/c1-12-9-3-6-10(13(15)16)4-2-5-11(7-9,8-10)14(17)18/h9,12H,2-8H2,1H3. The first kappa shape index (κ1) is 13.2. The zero-order chi connectivity index (χ0) is 13.4. The van der Waals surface area contributed by atoms with E-state index in [9.17, 15) is 20.2 Å². The van der Waals surface area contributed by atoms with E-state index in [4.69, 9.17) is 0 Å². The van der Waals surface area contributed by atoms with E-state index in [1.165, 1.54) is 0 Å². The van der Waals surface area contributed by atoms with Crippen LogP contribution in [0.1, 0.15) is 44.9 Å². The number of nitrogens with one attached hydrogen (secondary N) is 1. The largest absolute Gasteiger partial charge is 0.317 e. The lowest BCUT2D eigenvalue weighted by atomic mass is 9.70. The van der Waals surface area contributed by atoms with Crippen LogP contribution in [0.15, 0.2) is 0 Å². The maximum atomic E-state index is 11.4. The normalized spacial score (nSPS) is 39.9. The molecular weight excluding hydrogens is 238 g/mol. The molecule has 2 rings (SSSR count). The smallest absolute Gasteiger partial charge is 0.230 e. The number of fused-ring (bicyclic) bond motifs is 2. The van der Waals surface area contributed by atoms with Gasteiger partial charge in [0.05, 0.1) is 6.42 Å². The van der Waals surface area contributed by atoms with Crippen LogP contribution in [-0.2, 0) is 0 Å². The second kappa shape index (κ2) is 4.46. The van der Waals surface area contributed by atoms with Crippen molar-refractivity contribution in [3.05, 3.63) is 20.2 Å². The Morgan fingerprint density at radius 2 is 1.72 bits per heavy atom. The van der Waals surface area contributed by atoms with Crippen molar-refractivity contribution in [2.75, 3.05) is 7.05 Å². The molecule has 0 heterocycles.